The maximum absolute atomic E-state index is 6.02. The van der Waals surface area contributed by atoms with Crippen LogP contribution >= 0.6 is 34.3 Å². The molecule has 2 rings (SSSR count). The quantitative estimate of drug-likeness (QED) is 0.834. The van der Waals surface area contributed by atoms with E-state index in [0.29, 0.717) is 0 Å². The van der Waals surface area contributed by atoms with E-state index in [1.54, 1.807) is 11.3 Å². The maximum Gasteiger partial charge on any atom is 0.0931 e. The van der Waals surface area contributed by atoms with E-state index in [-0.39, 0.29) is 11.5 Å². The van der Waals surface area contributed by atoms with Crippen molar-refractivity contribution in [3.63, 3.8) is 0 Å². The Hall–Kier alpha value is -0.350. The molecular weight excluding hydrogens is 282 g/mol. The maximum atomic E-state index is 6.02. The highest BCUT2D eigenvalue weighted by Gasteiger charge is 2.20. The summed E-state index contributed by atoms with van der Waals surface area (Å²) in [4.78, 5) is 4.03. The summed E-state index contributed by atoms with van der Waals surface area (Å²) in [5.41, 5.74) is 0.217. The number of hydrogen-bond donors (Lipinski definition) is 1. The van der Waals surface area contributed by atoms with Crippen LogP contribution in [0.5, 0.6) is 0 Å². The second-order valence-electron chi connectivity index (χ2n) is 5.32. The van der Waals surface area contributed by atoms with E-state index >= 15 is 0 Å². The van der Waals surface area contributed by atoms with E-state index in [0.717, 1.165) is 4.34 Å². The zero-order valence-electron chi connectivity index (χ0n) is 11.1. The van der Waals surface area contributed by atoms with E-state index in [1.165, 1.54) is 14.6 Å². The van der Waals surface area contributed by atoms with Gasteiger partial charge in [0.1, 0.15) is 0 Å². The van der Waals surface area contributed by atoms with Gasteiger partial charge in [0.2, 0.25) is 0 Å². The molecule has 0 saturated heterocycles. The zero-order valence-corrected chi connectivity index (χ0v) is 13.5. The molecule has 0 aliphatic carbocycles. The van der Waals surface area contributed by atoms with Crippen LogP contribution in [0.15, 0.2) is 24.3 Å². The molecule has 0 amide bonds. The molecule has 2 aromatic rings. The average molecular weight is 300 g/mol. The highest BCUT2D eigenvalue weighted by Crippen LogP contribution is 2.37. The molecule has 18 heavy (non-hydrogen) atoms. The largest absolute Gasteiger partial charge is 0.308 e. The highest BCUT2D eigenvalue weighted by molar-refractivity contribution is 7.16. The molecule has 98 valence electrons. The van der Waals surface area contributed by atoms with Gasteiger partial charge in [-0.1, -0.05) is 32.4 Å². The Morgan fingerprint density at radius 3 is 2.11 bits per heavy atom. The van der Waals surface area contributed by atoms with Crippen molar-refractivity contribution in [1.82, 2.24) is 5.32 Å². The summed E-state index contributed by atoms with van der Waals surface area (Å²) in [7, 11) is 1.99. The van der Waals surface area contributed by atoms with Gasteiger partial charge >= 0.3 is 0 Å². The van der Waals surface area contributed by atoms with E-state index in [2.05, 4.69) is 44.3 Å². The molecule has 0 aliphatic heterocycles. The van der Waals surface area contributed by atoms with Crippen molar-refractivity contribution >= 4 is 34.3 Å². The van der Waals surface area contributed by atoms with Gasteiger partial charge < -0.3 is 5.32 Å². The van der Waals surface area contributed by atoms with E-state index in [4.69, 9.17) is 11.6 Å². The molecule has 1 unspecified atom stereocenters. The normalized spacial score (nSPS) is 13.8. The standard InChI is InChI=1S/C14H18ClNS2/c1-14(2,3)11-7-5-9(17-11)13(16-4)10-6-8-12(15)18-10/h5-8,13,16H,1-4H3. The van der Waals surface area contributed by atoms with Crippen molar-refractivity contribution in [2.24, 2.45) is 0 Å². The van der Waals surface area contributed by atoms with Crippen LogP contribution in [0.1, 0.15) is 41.4 Å². The molecule has 2 aromatic heterocycles. The van der Waals surface area contributed by atoms with Gasteiger partial charge in [0.15, 0.2) is 0 Å². The summed E-state index contributed by atoms with van der Waals surface area (Å²) in [5.74, 6) is 0. The molecule has 0 saturated carbocycles. The number of hydrogen-bond acceptors (Lipinski definition) is 3. The van der Waals surface area contributed by atoms with Crippen LogP contribution in [0.4, 0.5) is 0 Å². The topological polar surface area (TPSA) is 12.0 Å². The minimum atomic E-state index is 0.217. The summed E-state index contributed by atoms with van der Waals surface area (Å²) in [6.45, 7) is 6.75. The van der Waals surface area contributed by atoms with Gasteiger partial charge in [-0.3, -0.25) is 0 Å². The first kappa shape index (κ1) is 14.1. The Bertz CT molecular complexity index is 522. The second-order valence-corrected chi connectivity index (χ2v) is 8.18. The fourth-order valence-electron chi connectivity index (χ4n) is 1.82. The highest BCUT2D eigenvalue weighted by atomic mass is 35.5. The van der Waals surface area contributed by atoms with Crippen molar-refractivity contribution in [2.75, 3.05) is 7.05 Å². The summed E-state index contributed by atoms with van der Waals surface area (Å²) < 4.78 is 0.845. The van der Waals surface area contributed by atoms with Gasteiger partial charge in [0.25, 0.3) is 0 Å². The number of thiophene rings is 2. The molecule has 0 aromatic carbocycles. The SMILES string of the molecule is CNC(c1ccc(Cl)s1)c1ccc(C(C)(C)C)s1. The first-order chi connectivity index (χ1) is 8.41. The van der Waals surface area contributed by atoms with Gasteiger partial charge in [-0.2, -0.15) is 0 Å². The van der Waals surface area contributed by atoms with Crippen LogP contribution in [0.3, 0.4) is 0 Å². The molecule has 2 heterocycles. The fraction of sp³-hybridized carbons (Fsp3) is 0.429. The molecule has 1 N–H and O–H groups in total. The van der Waals surface area contributed by atoms with Crippen LogP contribution in [-0.4, -0.2) is 7.05 Å². The predicted octanol–water partition coefficient (Wildman–Crippen LogP) is 5.07. The summed E-state index contributed by atoms with van der Waals surface area (Å²) >= 11 is 9.54. The van der Waals surface area contributed by atoms with Crippen molar-refractivity contribution in [1.29, 1.82) is 0 Å². The van der Waals surface area contributed by atoms with E-state index in [9.17, 15) is 0 Å². The lowest BCUT2D eigenvalue weighted by Crippen LogP contribution is -2.15. The summed E-state index contributed by atoms with van der Waals surface area (Å²) in [5, 5.41) is 3.37. The Morgan fingerprint density at radius 1 is 1.06 bits per heavy atom. The second kappa shape index (κ2) is 5.33. The molecule has 0 aliphatic rings. The molecule has 0 radical (unpaired) electrons. The van der Waals surface area contributed by atoms with Gasteiger partial charge in [-0.25, -0.2) is 0 Å². The van der Waals surface area contributed by atoms with Crippen molar-refractivity contribution in [2.45, 2.75) is 32.2 Å². The zero-order chi connectivity index (χ0) is 13.3. The number of nitrogens with one attached hydrogen (secondary N) is 1. The van der Waals surface area contributed by atoms with Crippen LogP contribution in [0.25, 0.3) is 0 Å². The van der Waals surface area contributed by atoms with Gasteiger partial charge in [0.05, 0.1) is 10.4 Å². The lowest BCUT2D eigenvalue weighted by atomic mass is 9.95. The molecule has 1 atom stereocenters. The molecule has 4 heteroatoms. The first-order valence-corrected chi connectivity index (χ1v) is 7.95. The third kappa shape index (κ3) is 2.97. The van der Waals surface area contributed by atoms with Crippen molar-refractivity contribution in [3.8, 4) is 0 Å². The van der Waals surface area contributed by atoms with Crippen LogP contribution in [0, 0.1) is 0 Å². The Kier molecular flexibility index (Phi) is 4.17. The first-order valence-electron chi connectivity index (χ1n) is 5.94. The summed E-state index contributed by atoms with van der Waals surface area (Å²) in [6.07, 6.45) is 0. The van der Waals surface area contributed by atoms with Gasteiger partial charge in [-0.15, -0.1) is 22.7 Å². The minimum Gasteiger partial charge on any atom is -0.308 e. The average Bonchev–Trinajstić information content (AvgIpc) is 2.88. The monoisotopic (exact) mass is 299 g/mol. The smallest absolute Gasteiger partial charge is 0.0931 e. The molecule has 1 nitrogen and oxygen atoms in total. The fourth-order valence-corrected chi connectivity index (χ4v) is 4.28. The molecule has 0 bridgehead atoms. The van der Waals surface area contributed by atoms with Crippen molar-refractivity contribution in [3.05, 3.63) is 43.2 Å². The van der Waals surface area contributed by atoms with Crippen LogP contribution in [0.2, 0.25) is 4.34 Å². The molecule has 0 fully saturated rings. The number of halogens is 1. The third-order valence-corrected chi connectivity index (χ3v) is 5.69. The Labute approximate surface area is 122 Å². The van der Waals surface area contributed by atoms with E-state index in [1.807, 2.05) is 24.5 Å². The summed E-state index contributed by atoms with van der Waals surface area (Å²) in [6, 6.07) is 8.78. The lowest BCUT2D eigenvalue weighted by Gasteiger charge is -2.16. The van der Waals surface area contributed by atoms with Crippen LogP contribution in [-0.2, 0) is 5.41 Å². The lowest BCUT2D eigenvalue weighted by molar-refractivity contribution is 0.604. The van der Waals surface area contributed by atoms with Gasteiger partial charge in [-0.05, 0) is 36.7 Å². The predicted molar refractivity (Wildman–Crippen MR) is 83.3 cm³/mol. The molecular formula is C14H18ClNS2. The Morgan fingerprint density at radius 2 is 1.67 bits per heavy atom. The Balaban J connectivity index is 2.31. The van der Waals surface area contributed by atoms with Crippen molar-refractivity contribution < 1.29 is 0 Å². The number of rotatable bonds is 3. The minimum absolute atomic E-state index is 0.217. The van der Waals surface area contributed by atoms with Crippen LogP contribution < -0.4 is 5.32 Å². The third-order valence-electron chi connectivity index (χ3n) is 2.82. The van der Waals surface area contributed by atoms with Gasteiger partial charge in [0, 0.05) is 14.6 Å². The molecule has 0 spiro atoms. The van der Waals surface area contributed by atoms with E-state index < -0.39 is 0 Å².